The number of carbonyl (C=O) groups excluding carboxylic acids is 1. The molecule has 0 unspecified atom stereocenters. The number of carbonyl (C=O) groups is 1. The van der Waals surface area contributed by atoms with Crippen LogP contribution in [0.1, 0.15) is 16.8 Å². The molecule has 2 aromatic rings. The fraction of sp³-hybridized carbons (Fsp3) is 0.231. The maximum atomic E-state index is 10.9. The molecule has 0 bridgehead atoms. The van der Waals surface area contributed by atoms with Gasteiger partial charge in [0.1, 0.15) is 5.75 Å². The van der Waals surface area contributed by atoms with E-state index in [0.29, 0.717) is 29.2 Å². The molecule has 0 aliphatic carbocycles. The molecule has 0 spiro atoms. The molecule has 0 fully saturated rings. The minimum absolute atomic E-state index is 0.404. The summed E-state index contributed by atoms with van der Waals surface area (Å²) in [6.45, 7) is 1.36. The molecule has 4 nitrogen and oxygen atoms in total. The number of aromatic nitrogens is 2. The largest absolute Gasteiger partial charge is 0.493 e. The number of aryl methyl sites for hydroxylation is 1. The number of benzene rings is 1. The van der Waals surface area contributed by atoms with E-state index in [0.717, 1.165) is 13.0 Å². The zero-order chi connectivity index (χ0) is 12.8. The van der Waals surface area contributed by atoms with E-state index in [2.05, 4.69) is 4.98 Å². The molecule has 0 saturated carbocycles. The van der Waals surface area contributed by atoms with Crippen LogP contribution in [0.4, 0.5) is 0 Å². The van der Waals surface area contributed by atoms with Gasteiger partial charge in [0.2, 0.25) is 0 Å². The second-order valence-electron chi connectivity index (χ2n) is 3.77. The molecule has 0 atom stereocenters. The van der Waals surface area contributed by atoms with E-state index in [1.54, 1.807) is 30.7 Å². The molecule has 0 amide bonds. The highest BCUT2D eigenvalue weighted by atomic mass is 35.5. The summed E-state index contributed by atoms with van der Waals surface area (Å²) in [7, 11) is 0. The zero-order valence-electron chi connectivity index (χ0n) is 9.75. The van der Waals surface area contributed by atoms with Crippen molar-refractivity contribution in [3.63, 3.8) is 0 Å². The van der Waals surface area contributed by atoms with Gasteiger partial charge in [-0.05, 0) is 18.6 Å². The van der Waals surface area contributed by atoms with E-state index in [-0.39, 0.29) is 0 Å². The van der Waals surface area contributed by atoms with Gasteiger partial charge in [-0.2, -0.15) is 0 Å². The Morgan fingerprint density at radius 3 is 3.06 bits per heavy atom. The number of nitrogens with zero attached hydrogens (tertiary/aromatic N) is 2. The summed E-state index contributed by atoms with van der Waals surface area (Å²) >= 11 is 5.90. The minimum Gasteiger partial charge on any atom is -0.493 e. The smallest absolute Gasteiger partial charge is 0.155 e. The van der Waals surface area contributed by atoms with Crippen LogP contribution in [-0.2, 0) is 6.54 Å². The van der Waals surface area contributed by atoms with E-state index in [1.165, 1.54) is 0 Å². The highest BCUT2D eigenvalue weighted by Gasteiger charge is 2.06. The van der Waals surface area contributed by atoms with Gasteiger partial charge in [0.25, 0.3) is 0 Å². The number of ether oxygens (including phenoxy) is 1. The van der Waals surface area contributed by atoms with E-state index >= 15 is 0 Å². The van der Waals surface area contributed by atoms with Crippen molar-refractivity contribution >= 4 is 17.9 Å². The van der Waals surface area contributed by atoms with Crippen LogP contribution in [0.25, 0.3) is 0 Å². The van der Waals surface area contributed by atoms with Gasteiger partial charge in [0, 0.05) is 18.9 Å². The van der Waals surface area contributed by atoms with Gasteiger partial charge in [0.15, 0.2) is 6.29 Å². The number of imidazole rings is 1. The molecule has 1 heterocycles. The van der Waals surface area contributed by atoms with Crippen molar-refractivity contribution in [1.29, 1.82) is 0 Å². The number of hydrogen-bond acceptors (Lipinski definition) is 3. The molecule has 1 aromatic carbocycles. The Morgan fingerprint density at radius 2 is 2.33 bits per heavy atom. The predicted molar refractivity (Wildman–Crippen MR) is 69.2 cm³/mol. The number of rotatable bonds is 6. The predicted octanol–water partition coefficient (Wildman–Crippen LogP) is 2.82. The van der Waals surface area contributed by atoms with Crippen molar-refractivity contribution in [1.82, 2.24) is 9.55 Å². The summed E-state index contributed by atoms with van der Waals surface area (Å²) in [6.07, 6.45) is 6.95. The van der Waals surface area contributed by atoms with Crippen molar-refractivity contribution in [2.24, 2.45) is 0 Å². The summed E-state index contributed by atoms with van der Waals surface area (Å²) in [6, 6.07) is 5.18. The summed E-state index contributed by atoms with van der Waals surface area (Å²) in [4.78, 5) is 14.8. The van der Waals surface area contributed by atoms with Crippen LogP contribution in [0.2, 0.25) is 5.02 Å². The fourth-order valence-electron chi connectivity index (χ4n) is 1.61. The highest BCUT2D eigenvalue weighted by Crippen LogP contribution is 2.24. The number of aldehydes is 1. The van der Waals surface area contributed by atoms with Crippen molar-refractivity contribution in [2.75, 3.05) is 6.61 Å². The van der Waals surface area contributed by atoms with E-state index in [1.807, 2.05) is 10.8 Å². The maximum absolute atomic E-state index is 10.9. The quantitative estimate of drug-likeness (QED) is 0.595. The number of halogens is 1. The normalized spacial score (nSPS) is 10.3. The van der Waals surface area contributed by atoms with Crippen LogP contribution < -0.4 is 4.74 Å². The van der Waals surface area contributed by atoms with Gasteiger partial charge >= 0.3 is 0 Å². The van der Waals surface area contributed by atoms with Crippen LogP contribution in [0.15, 0.2) is 36.9 Å². The fourth-order valence-corrected chi connectivity index (χ4v) is 1.82. The molecule has 1 aromatic heterocycles. The topological polar surface area (TPSA) is 44.1 Å². The Balaban J connectivity index is 1.86. The van der Waals surface area contributed by atoms with Crippen molar-refractivity contribution in [3.8, 4) is 5.75 Å². The second-order valence-corrected chi connectivity index (χ2v) is 4.18. The lowest BCUT2D eigenvalue weighted by molar-refractivity contribution is 0.111. The third kappa shape index (κ3) is 3.11. The number of hydrogen-bond donors (Lipinski definition) is 0. The summed E-state index contributed by atoms with van der Waals surface area (Å²) in [5, 5.41) is 0.414. The van der Waals surface area contributed by atoms with Gasteiger partial charge in [-0.25, -0.2) is 4.98 Å². The second kappa shape index (κ2) is 6.21. The molecule has 5 heteroatoms. The lowest BCUT2D eigenvalue weighted by atomic mass is 10.2. The van der Waals surface area contributed by atoms with E-state index < -0.39 is 0 Å². The molecule has 0 N–H and O–H groups in total. The van der Waals surface area contributed by atoms with Crippen molar-refractivity contribution in [2.45, 2.75) is 13.0 Å². The molecule has 0 aliphatic rings. The monoisotopic (exact) mass is 264 g/mol. The van der Waals surface area contributed by atoms with E-state index in [9.17, 15) is 4.79 Å². The molecular formula is C13H13ClN2O2. The van der Waals surface area contributed by atoms with Crippen LogP contribution in [0, 0.1) is 0 Å². The molecule has 2 rings (SSSR count). The Kier molecular flexibility index (Phi) is 4.36. The molecule has 0 radical (unpaired) electrons. The molecule has 0 aliphatic heterocycles. The SMILES string of the molecule is O=Cc1c(Cl)cccc1OCCCn1ccnc1. The Bertz CT molecular complexity index is 512. The minimum atomic E-state index is 0.404. The highest BCUT2D eigenvalue weighted by molar-refractivity contribution is 6.33. The maximum Gasteiger partial charge on any atom is 0.155 e. The Labute approximate surface area is 110 Å². The van der Waals surface area contributed by atoms with Gasteiger partial charge in [0.05, 0.1) is 23.5 Å². The van der Waals surface area contributed by atoms with Crippen LogP contribution in [0.3, 0.4) is 0 Å². The molecule has 94 valence electrons. The van der Waals surface area contributed by atoms with Gasteiger partial charge in [-0.3, -0.25) is 4.79 Å². The first-order valence-electron chi connectivity index (χ1n) is 5.63. The first-order chi connectivity index (χ1) is 8.81. The molecule has 18 heavy (non-hydrogen) atoms. The Hall–Kier alpha value is -1.81. The molecular weight excluding hydrogens is 252 g/mol. The standard InChI is InChI=1S/C13H13ClN2O2/c14-12-3-1-4-13(11(12)9-17)18-8-2-6-16-7-5-15-10-16/h1,3-5,7,9-10H,2,6,8H2. The van der Waals surface area contributed by atoms with Gasteiger partial charge in [-0.15, -0.1) is 0 Å². The zero-order valence-corrected chi connectivity index (χ0v) is 10.5. The third-order valence-corrected chi connectivity index (χ3v) is 2.84. The van der Waals surface area contributed by atoms with Gasteiger partial charge < -0.3 is 9.30 Å². The lowest BCUT2D eigenvalue weighted by Crippen LogP contribution is -2.04. The van der Waals surface area contributed by atoms with Crippen molar-refractivity contribution in [3.05, 3.63) is 47.5 Å². The Morgan fingerprint density at radius 1 is 1.44 bits per heavy atom. The summed E-state index contributed by atoms with van der Waals surface area (Å²) < 4.78 is 7.53. The lowest BCUT2D eigenvalue weighted by Gasteiger charge is -2.09. The van der Waals surface area contributed by atoms with Crippen LogP contribution in [-0.4, -0.2) is 22.4 Å². The summed E-state index contributed by atoms with van der Waals surface area (Å²) in [5.74, 6) is 0.531. The molecule has 0 saturated heterocycles. The van der Waals surface area contributed by atoms with E-state index in [4.69, 9.17) is 16.3 Å². The van der Waals surface area contributed by atoms with Crippen LogP contribution in [0.5, 0.6) is 5.75 Å². The van der Waals surface area contributed by atoms with Crippen LogP contribution >= 0.6 is 11.6 Å². The average Bonchev–Trinajstić information content (AvgIpc) is 2.88. The first-order valence-corrected chi connectivity index (χ1v) is 6.01. The van der Waals surface area contributed by atoms with Crippen molar-refractivity contribution < 1.29 is 9.53 Å². The third-order valence-electron chi connectivity index (χ3n) is 2.51. The summed E-state index contributed by atoms with van der Waals surface area (Å²) in [5.41, 5.74) is 0.404. The van der Waals surface area contributed by atoms with Gasteiger partial charge in [-0.1, -0.05) is 17.7 Å². The average molecular weight is 265 g/mol. The first kappa shape index (κ1) is 12.6.